The molecule has 0 amide bonds. The second-order valence-corrected chi connectivity index (χ2v) is 5.30. The number of benzene rings is 1. The van der Waals surface area contributed by atoms with Crippen LogP contribution in [0.3, 0.4) is 0 Å². The van der Waals surface area contributed by atoms with Crippen molar-refractivity contribution in [1.82, 2.24) is 5.32 Å². The molecule has 0 spiro atoms. The molecule has 0 unspecified atom stereocenters. The van der Waals surface area contributed by atoms with E-state index in [0.717, 1.165) is 11.0 Å². The van der Waals surface area contributed by atoms with Crippen LogP contribution in [-0.4, -0.2) is 7.05 Å². The summed E-state index contributed by atoms with van der Waals surface area (Å²) in [5.41, 5.74) is 1.27. The van der Waals surface area contributed by atoms with Gasteiger partial charge in [0.25, 0.3) is 0 Å². The van der Waals surface area contributed by atoms with Gasteiger partial charge >= 0.3 is 0 Å². The van der Waals surface area contributed by atoms with Crippen LogP contribution in [0.4, 0.5) is 0 Å². The van der Waals surface area contributed by atoms with Crippen LogP contribution in [0.2, 0.25) is 0 Å². The lowest BCUT2D eigenvalue weighted by molar-refractivity contribution is 0.831. The molecule has 0 radical (unpaired) electrons. The van der Waals surface area contributed by atoms with Crippen molar-refractivity contribution in [3.8, 4) is 10.4 Å². The number of hydrogen-bond donors (Lipinski definition) is 1. The van der Waals surface area contributed by atoms with Gasteiger partial charge in [-0.05, 0) is 25.2 Å². The first kappa shape index (κ1) is 10.9. The maximum atomic E-state index is 3.57. The molecule has 78 valence electrons. The van der Waals surface area contributed by atoms with E-state index < -0.39 is 0 Å². The van der Waals surface area contributed by atoms with E-state index in [2.05, 4.69) is 51.6 Å². The molecule has 3 heteroatoms. The minimum atomic E-state index is 0.940. The van der Waals surface area contributed by atoms with Crippen molar-refractivity contribution in [2.24, 2.45) is 0 Å². The van der Waals surface area contributed by atoms with E-state index >= 15 is 0 Å². The molecule has 2 aromatic rings. The lowest BCUT2D eigenvalue weighted by atomic mass is 10.2. The van der Waals surface area contributed by atoms with Crippen LogP contribution in [-0.2, 0) is 6.54 Å². The van der Waals surface area contributed by atoms with Gasteiger partial charge in [-0.1, -0.05) is 34.1 Å². The fourth-order valence-electron chi connectivity index (χ4n) is 1.45. The summed E-state index contributed by atoms with van der Waals surface area (Å²) in [7, 11) is 1.97. The average Bonchev–Trinajstić information content (AvgIpc) is 2.68. The van der Waals surface area contributed by atoms with E-state index in [1.165, 1.54) is 15.3 Å². The zero-order chi connectivity index (χ0) is 10.7. The van der Waals surface area contributed by atoms with Gasteiger partial charge in [-0.25, -0.2) is 0 Å². The van der Waals surface area contributed by atoms with Crippen LogP contribution < -0.4 is 5.32 Å². The van der Waals surface area contributed by atoms with Crippen LogP contribution in [0.5, 0.6) is 0 Å². The topological polar surface area (TPSA) is 12.0 Å². The molecule has 0 aliphatic carbocycles. The molecule has 15 heavy (non-hydrogen) atoms. The number of rotatable bonds is 3. The van der Waals surface area contributed by atoms with Crippen molar-refractivity contribution in [3.63, 3.8) is 0 Å². The Kier molecular flexibility index (Phi) is 3.57. The van der Waals surface area contributed by atoms with E-state index in [0.29, 0.717) is 0 Å². The molecule has 1 heterocycles. The zero-order valence-corrected chi connectivity index (χ0v) is 10.9. The van der Waals surface area contributed by atoms with Gasteiger partial charge in [0.1, 0.15) is 0 Å². The van der Waals surface area contributed by atoms with Crippen LogP contribution >= 0.6 is 27.3 Å². The molecule has 1 aromatic carbocycles. The van der Waals surface area contributed by atoms with Gasteiger partial charge in [0.15, 0.2) is 0 Å². The summed E-state index contributed by atoms with van der Waals surface area (Å²) in [5.74, 6) is 0. The van der Waals surface area contributed by atoms with E-state index in [4.69, 9.17) is 0 Å². The third-order valence-electron chi connectivity index (χ3n) is 2.15. The molecular weight excluding hydrogens is 270 g/mol. The summed E-state index contributed by atoms with van der Waals surface area (Å²) in [6.45, 7) is 0.940. The molecular formula is C12H12BrNS. The largest absolute Gasteiger partial charge is 0.315 e. The molecule has 2 rings (SSSR count). The van der Waals surface area contributed by atoms with E-state index in [1.807, 2.05) is 24.5 Å². The van der Waals surface area contributed by atoms with E-state index in [-0.39, 0.29) is 0 Å². The maximum Gasteiger partial charge on any atom is 0.0357 e. The summed E-state index contributed by atoms with van der Waals surface area (Å²) < 4.78 is 1.16. The summed E-state index contributed by atoms with van der Waals surface area (Å²) in [6, 6.07) is 12.7. The number of hydrogen-bond acceptors (Lipinski definition) is 2. The second-order valence-electron chi connectivity index (χ2n) is 3.28. The lowest BCUT2D eigenvalue weighted by Crippen LogP contribution is -2.02. The Balaban J connectivity index is 2.33. The van der Waals surface area contributed by atoms with Gasteiger partial charge in [0, 0.05) is 26.3 Å². The minimum absolute atomic E-state index is 0.940. The smallest absolute Gasteiger partial charge is 0.0357 e. The Bertz CT molecular complexity index is 450. The molecule has 0 saturated heterocycles. The molecule has 0 aliphatic heterocycles. The molecule has 0 fully saturated rings. The van der Waals surface area contributed by atoms with Gasteiger partial charge in [-0.15, -0.1) is 11.3 Å². The van der Waals surface area contributed by atoms with Crippen LogP contribution in [0.15, 0.2) is 40.9 Å². The van der Waals surface area contributed by atoms with Crippen molar-refractivity contribution in [2.45, 2.75) is 6.54 Å². The molecule has 1 N–H and O–H groups in total. The van der Waals surface area contributed by atoms with Gasteiger partial charge in [-0.3, -0.25) is 0 Å². The molecule has 1 nitrogen and oxygen atoms in total. The van der Waals surface area contributed by atoms with Gasteiger partial charge in [0.2, 0.25) is 0 Å². The third kappa shape index (κ3) is 2.48. The zero-order valence-electron chi connectivity index (χ0n) is 8.46. The molecule has 0 saturated carbocycles. The molecule has 0 atom stereocenters. The highest BCUT2D eigenvalue weighted by Gasteiger charge is 2.04. The monoisotopic (exact) mass is 281 g/mol. The first-order valence-corrected chi connectivity index (χ1v) is 6.40. The number of thiophene rings is 1. The Morgan fingerprint density at radius 1 is 1.20 bits per heavy atom. The predicted octanol–water partition coefficient (Wildman–Crippen LogP) is 3.90. The summed E-state index contributed by atoms with van der Waals surface area (Å²) in [6.07, 6.45) is 0. The van der Waals surface area contributed by atoms with E-state index in [1.54, 1.807) is 0 Å². The minimum Gasteiger partial charge on any atom is -0.315 e. The molecule has 1 aromatic heterocycles. The first-order chi connectivity index (χ1) is 7.31. The third-order valence-corrected chi connectivity index (χ3v) is 3.96. The highest BCUT2D eigenvalue weighted by Crippen LogP contribution is 2.33. The highest BCUT2D eigenvalue weighted by molar-refractivity contribution is 9.10. The number of nitrogens with one attached hydrogen (secondary N) is 1. The Morgan fingerprint density at radius 2 is 2.00 bits per heavy atom. The average molecular weight is 282 g/mol. The Morgan fingerprint density at radius 3 is 2.73 bits per heavy atom. The summed E-state index contributed by atoms with van der Waals surface area (Å²) in [5, 5.41) is 3.16. The Hall–Kier alpha value is -0.640. The van der Waals surface area contributed by atoms with Crippen molar-refractivity contribution in [1.29, 1.82) is 0 Å². The second kappa shape index (κ2) is 4.92. The van der Waals surface area contributed by atoms with Crippen molar-refractivity contribution < 1.29 is 0 Å². The molecule has 0 aliphatic rings. The van der Waals surface area contributed by atoms with Crippen LogP contribution in [0.1, 0.15) is 4.88 Å². The highest BCUT2D eigenvalue weighted by atomic mass is 79.9. The lowest BCUT2D eigenvalue weighted by Gasteiger charge is -2.00. The van der Waals surface area contributed by atoms with Crippen molar-refractivity contribution in [3.05, 3.63) is 45.7 Å². The van der Waals surface area contributed by atoms with E-state index in [9.17, 15) is 0 Å². The Labute approximate surface area is 102 Å². The normalized spacial score (nSPS) is 10.5. The van der Waals surface area contributed by atoms with Gasteiger partial charge in [0.05, 0.1) is 0 Å². The fraction of sp³-hybridized carbons (Fsp3) is 0.167. The quantitative estimate of drug-likeness (QED) is 0.900. The van der Waals surface area contributed by atoms with Crippen LogP contribution in [0, 0.1) is 0 Å². The van der Waals surface area contributed by atoms with Crippen LogP contribution in [0.25, 0.3) is 10.4 Å². The predicted molar refractivity (Wildman–Crippen MR) is 70.2 cm³/mol. The fourth-order valence-corrected chi connectivity index (χ4v) is 3.14. The number of halogens is 1. The SMILES string of the molecule is CNCc1ccc(-c2ccccc2Br)s1. The maximum absolute atomic E-state index is 3.57. The first-order valence-electron chi connectivity index (χ1n) is 4.79. The summed E-state index contributed by atoms with van der Waals surface area (Å²) in [4.78, 5) is 2.68. The molecule has 0 bridgehead atoms. The van der Waals surface area contributed by atoms with Gasteiger partial charge < -0.3 is 5.32 Å². The van der Waals surface area contributed by atoms with Crippen molar-refractivity contribution >= 4 is 27.3 Å². The standard InChI is InChI=1S/C12H12BrNS/c1-14-8-9-6-7-12(15-9)10-4-2-3-5-11(10)13/h2-7,14H,8H2,1H3. The summed E-state index contributed by atoms with van der Waals surface area (Å²) >= 11 is 5.40. The van der Waals surface area contributed by atoms with Gasteiger partial charge in [-0.2, -0.15) is 0 Å². The van der Waals surface area contributed by atoms with Crippen molar-refractivity contribution in [2.75, 3.05) is 7.05 Å².